The van der Waals surface area contributed by atoms with E-state index in [0.717, 1.165) is 11.1 Å². The Hall–Kier alpha value is -2.10. The van der Waals surface area contributed by atoms with Crippen LogP contribution in [0.4, 0.5) is 0 Å². The highest BCUT2D eigenvalue weighted by Crippen LogP contribution is 2.18. The lowest BCUT2D eigenvalue weighted by Gasteiger charge is -2.13. The van der Waals surface area contributed by atoms with Crippen LogP contribution in [0, 0.1) is 19.8 Å². The van der Waals surface area contributed by atoms with E-state index in [4.69, 9.17) is 5.11 Å². The summed E-state index contributed by atoms with van der Waals surface area (Å²) in [5.41, 5.74) is 2.82. The van der Waals surface area contributed by atoms with Gasteiger partial charge < -0.3 is 10.4 Å². The van der Waals surface area contributed by atoms with Crippen molar-refractivity contribution in [2.75, 3.05) is 0 Å². The molecule has 0 fully saturated rings. The maximum absolute atomic E-state index is 12.0. The van der Waals surface area contributed by atoms with Crippen molar-refractivity contribution in [3.8, 4) is 0 Å². The molecule has 1 amide bonds. The van der Waals surface area contributed by atoms with Gasteiger partial charge in [-0.05, 0) is 43.5 Å². The van der Waals surface area contributed by atoms with Gasteiger partial charge in [0.15, 0.2) is 0 Å². The average molecular weight is 259 g/mol. The van der Waals surface area contributed by atoms with E-state index >= 15 is 0 Å². The molecule has 19 heavy (non-hydrogen) atoms. The Morgan fingerprint density at radius 1 is 1.21 bits per heavy atom. The Bertz CT molecular complexity index is 548. The van der Waals surface area contributed by atoms with Crippen LogP contribution < -0.4 is 5.32 Å². The standard InChI is InChI=1S/C15H17NO3/c1-9-3-4-11(7-10(9)2)14(17)16-13-6-5-12(8-13)15(18)19/h3-7,12-13H,8H2,1-2H3,(H,16,17)(H,18,19). The highest BCUT2D eigenvalue weighted by Gasteiger charge is 2.25. The Kier molecular flexibility index (Phi) is 3.69. The van der Waals surface area contributed by atoms with E-state index < -0.39 is 11.9 Å². The number of nitrogens with one attached hydrogen (secondary N) is 1. The summed E-state index contributed by atoms with van der Waals surface area (Å²) in [5, 5.41) is 11.7. The van der Waals surface area contributed by atoms with Crippen LogP contribution >= 0.6 is 0 Å². The van der Waals surface area contributed by atoms with Crippen LogP contribution in [0.3, 0.4) is 0 Å². The molecule has 0 saturated carbocycles. The minimum absolute atomic E-state index is 0.163. The summed E-state index contributed by atoms with van der Waals surface area (Å²) in [7, 11) is 0. The molecule has 0 aliphatic heterocycles. The zero-order valence-corrected chi connectivity index (χ0v) is 11.0. The van der Waals surface area contributed by atoms with Crippen molar-refractivity contribution in [2.45, 2.75) is 26.3 Å². The maximum atomic E-state index is 12.0. The third-order valence-corrected chi connectivity index (χ3v) is 3.49. The van der Waals surface area contributed by atoms with Gasteiger partial charge in [0.25, 0.3) is 5.91 Å². The van der Waals surface area contributed by atoms with Crippen LogP contribution in [-0.2, 0) is 4.79 Å². The number of carboxylic acid groups (broad SMARTS) is 1. The van der Waals surface area contributed by atoms with Gasteiger partial charge in [-0.2, -0.15) is 0 Å². The van der Waals surface area contributed by atoms with Crippen molar-refractivity contribution in [3.05, 3.63) is 47.0 Å². The second-order valence-electron chi connectivity index (χ2n) is 4.94. The normalized spacial score (nSPS) is 21.4. The van der Waals surface area contributed by atoms with Crippen molar-refractivity contribution in [1.82, 2.24) is 5.32 Å². The van der Waals surface area contributed by atoms with Gasteiger partial charge in [0.05, 0.1) is 5.92 Å². The van der Waals surface area contributed by atoms with Crippen molar-refractivity contribution in [1.29, 1.82) is 0 Å². The van der Waals surface area contributed by atoms with E-state index in [0.29, 0.717) is 12.0 Å². The van der Waals surface area contributed by atoms with Crippen molar-refractivity contribution >= 4 is 11.9 Å². The number of hydrogen-bond acceptors (Lipinski definition) is 2. The smallest absolute Gasteiger partial charge is 0.310 e. The first-order valence-electron chi connectivity index (χ1n) is 6.26. The molecule has 0 radical (unpaired) electrons. The van der Waals surface area contributed by atoms with E-state index in [2.05, 4.69) is 5.32 Å². The number of carboxylic acids is 1. The lowest BCUT2D eigenvalue weighted by atomic mass is 10.1. The third-order valence-electron chi connectivity index (χ3n) is 3.49. The molecular formula is C15H17NO3. The Labute approximate surface area is 112 Å². The second-order valence-corrected chi connectivity index (χ2v) is 4.94. The molecule has 1 aliphatic carbocycles. The topological polar surface area (TPSA) is 66.4 Å². The molecule has 4 heteroatoms. The zero-order valence-electron chi connectivity index (χ0n) is 11.0. The Morgan fingerprint density at radius 2 is 1.95 bits per heavy atom. The molecule has 0 bridgehead atoms. The van der Waals surface area contributed by atoms with E-state index in [1.54, 1.807) is 18.2 Å². The van der Waals surface area contributed by atoms with Gasteiger partial charge in [0, 0.05) is 11.6 Å². The molecule has 1 aromatic rings. The van der Waals surface area contributed by atoms with Crippen molar-refractivity contribution in [3.63, 3.8) is 0 Å². The fourth-order valence-corrected chi connectivity index (χ4v) is 2.12. The summed E-state index contributed by atoms with van der Waals surface area (Å²) in [4.78, 5) is 22.9. The minimum atomic E-state index is -0.848. The van der Waals surface area contributed by atoms with E-state index in [9.17, 15) is 9.59 Å². The number of hydrogen-bond donors (Lipinski definition) is 2. The van der Waals surface area contributed by atoms with Gasteiger partial charge in [0.1, 0.15) is 0 Å². The van der Waals surface area contributed by atoms with Crippen LogP contribution in [0.2, 0.25) is 0 Å². The van der Waals surface area contributed by atoms with Gasteiger partial charge >= 0.3 is 5.97 Å². The number of aryl methyl sites for hydroxylation is 2. The van der Waals surface area contributed by atoms with Crippen LogP contribution in [0.1, 0.15) is 27.9 Å². The van der Waals surface area contributed by atoms with E-state index in [1.807, 2.05) is 26.0 Å². The first-order chi connectivity index (χ1) is 8.97. The maximum Gasteiger partial charge on any atom is 0.310 e. The van der Waals surface area contributed by atoms with E-state index in [1.165, 1.54) is 0 Å². The fourth-order valence-electron chi connectivity index (χ4n) is 2.12. The Balaban J connectivity index is 2.00. The average Bonchev–Trinajstić information content (AvgIpc) is 2.81. The van der Waals surface area contributed by atoms with Crippen LogP contribution in [-0.4, -0.2) is 23.0 Å². The highest BCUT2D eigenvalue weighted by molar-refractivity contribution is 5.94. The highest BCUT2D eigenvalue weighted by atomic mass is 16.4. The molecule has 1 aromatic carbocycles. The summed E-state index contributed by atoms with van der Waals surface area (Å²) in [6, 6.07) is 5.34. The Morgan fingerprint density at radius 3 is 2.53 bits per heavy atom. The molecule has 0 spiro atoms. The van der Waals surface area contributed by atoms with Crippen molar-refractivity contribution < 1.29 is 14.7 Å². The molecule has 0 aromatic heterocycles. The summed E-state index contributed by atoms with van der Waals surface area (Å²) in [6.45, 7) is 3.95. The third kappa shape index (κ3) is 3.02. The SMILES string of the molecule is Cc1ccc(C(=O)NC2C=CC(C(=O)O)C2)cc1C. The summed E-state index contributed by atoms with van der Waals surface area (Å²) in [5.74, 6) is -1.51. The van der Waals surface area contributed by atoms with Crippen LogP contribution in [0.25, 0.3) is 0 Å². The molecule has 4 nitrogen and oxygen atoms in total. The van der Waals surface area contributed by atoms with Gasteiger partial charge in [-0.3, -0.25) is 9.59 Å². The van der Waals surface area contributed by atoms with Gasteiger partial charge in [0.2, 0.25) is 0 Å². The number of rotatable bonds is 3. The monoisotopic (exact) mass is 259 g/mol. The molecule has 2 rings (SSSR count). The molecule has 2 atom stereocenters. The number of carbonyl (C=O) groups excluding carboxylic acids is 1. The lowest BCUT2D eigenvalue weighted by molar-refractivity contribution is -0.140. The molecular weight excluding hydrogens is 242 g/mol. The predicted octanol–water partition coefficient (Wildman–Crippen LogP) is 2.06. The first-order valence-corrected chi connectivity index (χ1v) is 6.26. The number of benzene rings is 1. The largest absolute Gasteiger partial charge is 0.481 e. The second kappa shape index (κ2) is 5.26. The molecule has 0 heterocycles. The zero-order chi connectivity index (χ0) is 14.0. The van der Waals surface area contributed by atoms with E-state index in [-0.39, 0.29) is 11.9 Å². The molecule has 0 saturated heterocycles. The first kappa shape index (κ1) is 13.3. The van der Waals surface area contributed by atoms with Crippen LogP contribution in [0.5, 0.6) is 0 Å². The van der Waals surface area contributed by atoms with Crippen molar-refractivity contribution in [2.24, 2.45) is 5.92 Å². The molecule has 100 valence electrons. The quantitative estimate of drug-likeness (QED) is 0.816. The number of aliphatic carboxylic acids is 1. The molecule has 2 N–H and O–H groups in total. The summed E-state index contributed by atoms with van der Waals surface area (Å²) >= 11 is 0. The molecule has 1 aliphatic rings. The van der Waals surface area contributed by atoms with Crippen LogP contribution in [0.15, 0.2) is 30.4 Å². The summed E-state index contributed by atoms with van der Waals surface area (Å²) < 4.78 is 0. The van der Waals surface area contributed by atoms with Gasteiger partial charge in [-0.25, -0.2) is 0 Å². The summed E-state index contributed by atoms with van der Waals surface area (Å²) in [6.07, 6.45) is 3.80. The fraction of sp³-hybridized carbons (Fsp3) is 0.333. The number of carbonyl (C=O) groups is 2. The molecule has 2 unspecified atom stereocenters. The van der Waals surface area contributed by atoms with Gasteiger partial charge in [-0.1, -0.05) is 18.2 Å². The van der Waals surface area contributed by atoms with Gasteiger partial charge in [-0.15, -0.1) is 0 Å². The predicted molar refractivity (Wildman–Crippen MR) is 72.1 cm³/mol. The number of amides is 1. The minimum Gasteiger partial charge on any atom is -0.481 e. The lowest BCUT2D eigenvalue weighted by Crippen LogP contribution is -2.33.